The molecule has 4 aliphatic carbocycles. The third-order valence-corrected chi connectivity index (χ3v) is 13.5. The molecule has 1 heterocycles. The van der Waals surface area contributed by atoms with E-state index in [0.29, 0.717) is 5.41 Å². The molecule has 1 saturated heterocycles. The Bertz CT molecular complexity index is 918. The first-order chi connectivity index (χ1) is 19.4. The number of hydrogen-bond acceptors (Lipinski definition) is 6. The largest absolute Gasteiger partial charge is 0.394 e. The van der Waals surface area contributed by atoms with Crippen LogP contribution in [0.5, 0.6) is 0 Å². The van der Waals surface area contributed by atoms with Gasteiger partial charge in [0.1, 0.15) is 24.4 Å². The second-order valence-electron chi connectivity index (χ2n) is 15.7. The van der Waals surface area contributed by atoms with Crippen LogP contribution in [0.3, 0.4) is 0 Å². The SMILES string of the molecule is CC[C@H](CC[C@H](C)[C@H]1CC[C@H]2[C@@H]3CC=C4C[C@@H](O[C@@H]5O[C@H](CO)[C@@H](O)[C@H](O)[C@H]5O)CC[C@]4(C)[C@H]3CC[C@]12C)C(C)C. The molecule has 0 aromatic heterocycles. The summed E-state index contributed by atoms with van der Waals surface area (Å²) in [5.41, 5.74) is 2.19. The zero-order valence-corrected chi connectivity index (χ0v) is 26.7. The Morgan fingerprint density at radius 1 is 0.951 bits per heavy atom. The lowest BCUT2D eigenvalue weighted by Crippen LogP contribution is -2.60. The van der Waals surface area contributed by atoms with Crippen molar-refractivity contribution in [2.24, 2.45) is 52.3 Å². The van der Waals surface area contributed by atoms with Crippen LogP contribution in [0.2, 0.25) is 0 Å². The van der Waals surface area contributed by atoms with Gasteiger partial charge >= 0.3 is 0 Å². The molecule has 14 atom stereocenters. The fraction of sp³-hybridized carbons (Fsp3) is 0.943. The highest BCUT2D eigenvalue weighted by Crippen LogP contribution is 2.67. The van der Waals surface area contributed by atoms with E-state index in [0.717, 1.165) is 60.7 Å². The molecule has 0 aromatic carbocycles. The number of rotatable bonds is 9. The standard InChI is InChI=1S/C35H60O6/c1-7-22(20(2)3)9-8-21(4)26-12-13-27-25-11-10-23-18-24(14-16-34(23,5)28(25)15-17-35(26,27)6)40-33-32(39)31(38)30(37)29(19-36)41-33/h10,20-22,24-33,36-39H,7-9,11-19H2,1-6H3/t21-,22+,24-,25-,26+,27-,28-,29+,30+,31-,32+,33+,34-,35+/m0/s1. The van der Waals surface area contributed by atoms with Crippen molar-refractivity contribution in [2.75, 3.05) is 6.61 Å². The summed E-state index contributed by atoms with van der Waals surface area (Å²) in [4.78, 5) is 0. The van der Waals surface area contributed by atoms with E-state index in [9.17, 15) is 20.4 Å². The molecule has 0 aromatic rings. The zero-order chi connectivity index (χ0) is 29.7. The van der Waals surface area contributed by atoms with Crippen LogP contribution < -0.4 is 0 Å². The van der Waals surface area contributed by atoms with Gasteiger partial charge in [-0.2, -0.15) is 0 Å². The normalized spacial score (nSPS) is 47.7. The van der Waals surface area contributed by atoms with Crippen molar-refractivity contribution in [3.05, 3.63) is 11.6 Å². The van der Waals surface area contributed by atoms with E-state index in [4.69, 9.17) is 9.47 Å². The van der Waals surface area contributed by atoms with Crippen LogP contribution in [0.1, 0.15) is 112 Å². The Morgan fingerprint density at radius 3 is 2.39 bits per heavy atom. The quantitative estimate of drug-likeness (QED) is 0.257. The van der Waals surface area contributed by atoms with Crippen molar-refractivity contribution >= 4 is 0 Å². The zero-order valence-electron chi connectivity index (χ0n) is 26.7. The van der Waals surface area contributed by atoms with Gasteiger partial charge < -0.3 is 29.9 Å². The summed E-state index contributed by atoms with van der Waals surface area (Å²) >= 11 is 0. The van der Waals surface area contributed by atoms with Crippen LogP contribution in [0.4, 0.5) is 0 Å². The van der Waals surface area contributed by atoms with Crippen LogP contribution >= 0.6 is 0 Å². The first-order valence-corrected chi connectivity index (χ1v) is 17.1. The van der Waals surface area contributed by atoms with Crippen molar-refractivity contribution in [1.82, 2.24) is 0 Å². The summed E-state index contributed by atoms with van der Waals surface area (Å²) < 4.78 is 11.9. The van der Waals surface area contributed by atoms with E-state index in [1.54, 1.807) is 0 Å². The van der Waals surface area contributed by atoms with Crippen LogP contribution in [0.15, 0.2) is 11.6 Å². The van der Waals surface area contributed by atoms with Crippen molar-refractivity contribution in [3.63, 3.8) is 0 Å². The molecule has 5 aliphatic rings. The number of aliphatic hydroxyl groups excluding tert-OH is 4. The summed E-state index contributed by atoms with van der Waals surface area (Å²) in [6, 6.07) is 0. The van der Waals surface area contributed by atoms with E-state index in [1.807, 2.05) is 0 Å². The maximum atomic E-state index is 10.5. The molecule has 1 aliphatic heterocycles. The van der Waals surface area contributed by atoms with Gasteiger partial charge in [0.25, 0.3) is 0 Å². The summed E-state index contributed by atoms with van der Waals surface area (Å²) in [7, 11) is 0. The molecule has 4 fully saturated rings. The third kappa shape index (κ3) is 5.73. The van der Waals surface area contributed by atoms with E-state index in [2.05, 4.69) is 47.6 Å². The molecule has 6 nitrogen and oxygen atoms in total. The predicted molar refractivity (Wildman–Crippen MR) is 161 cm³/mol. The average molecular weight is 577 g/mol. The molecule has 6 heteroatoms. The fourth-order valence-electron chi connectivity index (χ4n) is 10.8. The van der Waals surface area contributed by atoms with Crippen LogP contribution in [-0.2, 0) is 9.47 Å². The number of ether oxygens (including phenoxy) is 2. The Kier molecular flexibility index (Phi) is 9.71. The minimum absolute atomic E-state index is 0.101. The van der Waals surface area contributed by atoms with Gasteiger partial charge in [0.15, 0.2) is 6.29 Å². The molecular weight excluding hydrogens is 516 g/mol. The maximum Gasteiger partial charge on any atom is 0.186 e. The minimum atomic E-state index is -1.40. The predicted octanol–water partition coefficient (Wildman–Crippen LogP) is 5.85. The smallest absolute Gasteiger partial charge is 0.186 e. The van der Waals surface area contributed by atoms with E-state index < -0.39 is 37.3 Å². The van der Waals surface area contributed by atoms with Gasteiger partial charge in [-0.05, 0) is 110 Å². The summed E-state index contributed by atoms with van der Waals surface area (Å²) in [5, 5.41) is 40.4. The number of allylic oxidation sites excluding steroid dienone is 1. The monoisotopic (exact) mass is 576 g/mol. The van der Waals surface area contributed by atoms with Crippen molar-refractivity contribution in [2.45, 2.75) is 149 Å². The lowest BCUT2D eigenvalue weighted by Gasteiger charge is -2.58. The number of fused-ring (bicyclic) bond motifs is 5. The average Bonchev–Trinajstić information content (AvgIpc) is 3.30. The molecular formula is C35H60O6. The van der Waals surface area contributed by atoms with Gasteiger partial charge in [-0.25, -0.2) is 0 Å². The van der Waals surface area contributed by atoms with Crippen molar-refractivity contribution < 1.29 is 29.9 Å². The van der Waals surface area contributed by atoms with E-state index in [1.165, 1.54) is 56.9 Å². The van der Waals surface area contributed by atoms with Gasteiger partial charge in [-0.3, -0.25) is 0 Å². The summed E-state index contributed by atoms with van der Waals surface area (Å²) in [5.74, 6) is 5.66. The lowest BCUT2D eigenvalue weighted by molar-refractivity contribution is -0.313. The van der Waals surface area contributed by atoms with E-state index >= 15 is 0 Å². The minimum Gasteiger partial charge on any atom is -0.394 e. The highest BCUT2D eigenvalue weighted by Gasteiger charge is 2.59. The van der Waals surface area contributed by atoms with Crippen molar-refractivity contribution in [1.29, 1.82) is 0 Å². The van der Waals surface area contributed by atoms with Gasteiger partial charge in [0.2, 0.25) is 0 Å². The maximum absolute atomic E-state index is 10.5. The third-order valence-electron chi connectivity index (χ3n) is 13.5. The Morgan fingerprint density at radius 2 is 1.71 bits per heavy atom. The van der Waals surface area contributed by atoms with Gasteiger partial charge in [0, 0.05) is 0 Å². The van der Waals surface area contributed by atoms with Gasteiger partial charge in [-0.1, -0.05) is 66.0 Å². The summed E-state index contributed by atoms with van der Waals surface area (Å²) in [6.45, 7) is 14.5. The molecule has 3 saturated carbocycles. The number of aliphatic hydroxyl groups is 4. The fourth-order valence-corrected chi connectivity index (χ4v) is 10.8. The first kappa shape index (κ1) is 31.9. The van der Waals surface area contributed by atoms with Gasteiger partial charge in [-0.15, -0.1) is 0 Å². The van der Waals surface area contributed by atoms with Gasteiger partial charge in [0.05, 0.1) is 12.7 Å². The Balaban J connectivity index is 1.24. The molecule has 4 N–H and O–H groups in total. The highest BCUT2D eigenvalue weighted by atomic mass is 16.7. The Labute approximate surface area is 249 Å². The van der Waals surface area contributed by atoms with E-state index in [-0.39, 0.29) is 11.5 Å². The second kappa shape index (κ2) is 12.5. The number of hydrogen-bond donors (Lipinski definition) is 4. The molecule has 5 rings (SSSR count). The highest BCUT2D eigenvalue weighted by molar-refractivity contribution is 5.25. The van der Waals surface area contributed by atoms with Crippen LogP contribution in [0, 0.1) is 52.3 Å². The topological polar surface area (TPSA) is 99.4 Å². The van der Waals surface area contributed by atoms with Crippen LogP contribution in [0.25, 0.3) is 0 Å². The first-order valence-electron chi connectivity index (χ1n) is 17.1. The molecule has 0 radical (unpaired) electrons. The molecule has 0 unspecified atom stereocenters. The molecule has 236 valence electrons. The Hall–Kier alpha value is -0.500. The second-order valence-corrected chi connectivity index (χ2v) is 15.7. The molecule has 41 heavy (non-hydrogen) atoms. The molecule has 0 spiro atoms. The lowest BCUT2D eigenvalue weighted by atomic mass is 9.47. The van der Waals surface area contributed by atoms with Crippen molar-refractivity contribution in [3.8, 4) is 0 Å². The van der Waals surface area contributed by atoms with Crippen LogP contribution in [-0.4, -0.2) is 63.8 Å². The molecule has 0 amide bonds. The molecule has 0 bridgehead atoms. The summed E-state index contributed by atoms with van der Waals surface area (Å²) in [6.07, 6.45) is 9.92.